The monoisotopic (exact) mass is 293 g/mol. The third-order valence-corrected chi connectivity index (χ3v) is 3.59. The lowest BCUT2D eigenvalue weighted by molar-refractivity contribution is -0.142. The van der Waals surface area contributed by atoms with Crippen LogP contribution in [0.3, 0.4) is 0 Å². The summed E-state index contributed by atoms with van der Waals surface area (Å²) in [5.41, 5.74) is 0. The van der Waals surface area contributed by atoms with Gasteiger partial charge in [-0.25, -0.2) is 0 Å². The van der Waals surface area contributed by atoms with E-state index in [-0.39, 0.29) is 18.6 Å². The summed E-state index contributed by atoms with van der Waals surface area (Å²) in [7, 11) is 1.55. The Labute approximate surface area is 123 Å². The van der Waals surface area contributed by atoms with Crippen molar-refractivity contribution in [2.75, 3.05) is 13.7 Å². The van der Waals surface area contributed by atoms with Crippen LogP contribution in [-0.4, -0.2) is 36.7 Å². The number of carbonyl (C=O) groups is 2. The average molecular weight is 293 g/mol. The van der Waals surface area contributed by atoms with Gasteiger partial charge in [-0.1, -0.05) is 12.5 Å². The number of methoxy groups -OCH3 is 1. The highest BCUT2D eigenvalue weighted by Gasteiger charge is 2.33. The van der Waals surface area contributed by atoms with Crippen molar-refractivity contribution in [1.82, 2.24) is 5.32 Å². The molecule has 2 rings (SSSR count). The number of carbonyl (C=O) groups excluding carboxylic acids is 1. The Kier molecular flexibility index (Phi) is 5.03. The molecule has 1 aromatic rings. The average Bonchev–Trinajstić information content (AvgIpc) is 2.93. The van der Waals surface area contributed by atoms with Crippen molar-refractivity contribution in [2.24, 2.45) is 5.92 Å². The van der Waals surface area contributed by atoms with Gasteiger partial charge in [0.05, 0.1) is 13.0 Å². The summed E-state index contributed by atoms with van der Waals surface area (Å²) in [4.78, 5) is 22.9. The number of nitrogens with one attached hydrogen (secondary N) is 1. The molecule has 114 valence electrons. The molecule has 0 saturated heterocycles. The van der Waals surface area contributed by atoms with Crippen LogP contribution in [0.15, 0.2) is 24.3 Å². The van der Waals surface area contributed by atoms with Crippen LogP contribution < -0.4 is 14.8 Å². The van der Waals surface area contributed by atoms with Crippen molar-refractivity contribution in [3.8, 4) is 11.5 Å². The van der Waals surface area contributed by atoms with Gasteiger partial charge in [0.2, 0.25) is 0 Å². The Hall–Kier alpha value is -2.24. The fraction of sp³-hybridized carbons (Fsp3) is 0.467. The predicted octanol–water partition coefficient (Wildman–Crippen LogP) is 1.44. The number of amides is 1. The molecule has 6 nitrogen and oxygen atoms in total. The highest BCUT2D eigenvalue weighted by atomic mass is 16.5. The van der Waals surface area contributed by atoms with E-state index < -0.39 is 11.9 Å². The van der Waals surface area contributed by atoms with Gasteiger partial charge in [-0.2, -0.15) is 0 Å². The van der Waals surface area contributed by atoms with Gasteiger partial charge in [-0.15, -0.1) is 0 Å². The summed E-state index contributed by atoms with van der Waals surface area (Å²) in [5, 5.41) is 11.8. The normalized spacial score (nSPS) is 20.8. The molecule has 1 amide bonds. The number of aliphatic carboxylic acids is 1. The summed E-state index contributed by atoms with van der Waals surface area (Å²) in [6.45, 7) is -0.143. The van der Waals surface area contributed by atoms with Gasteiger partial charge in [-0.05, 0) is 25.0 Å². The van der Waals surface area contributed by atoms with Crippen molar-refractivity contribution < 1.29 is 24.2 Å². The Morgan fingerprint density at radius 1 is 1.33 bits per heavy atom. The molecule has 2 N–H and O–H groups in total. The fourth-order valence-corrected chi connectivity index (χ4v) is 2.52. The van der Waals surface area contributed by atoms with Crippen LogP contribution in [0, 0.1) is 5.92 Å². The molecule has 2 atom stereocenters. The number of hydrogen-bond donors (Lipinski definition) is 2. The minimum Gasteiger partial charge on any atom is -0.497 e. The van der Waals surface area contributed by atoms with E-state index in [1.54, 1.807) is 31.4 Å². The van der Waals surface area contributed by atoms with E-state index in [1.807, 2.05) is 0 Å². The Bertz CT molecular complexity index is 517. The molecule has 6 heteroatoms. The van der Waals surface area contributed by atoms with Crippen molar-refractivity contribution >= 4 is 11.9 Å². The first kappa shape index (κ1) is 15.2. The molecule has 0 unspecified atom stereocenters. The minimum atomic E-state index is -0.855. The van der Waals surface area contributed by atoms with Crippen LogP contribution in [0.4, 0.5) is 0 Å². The molecule has 0 spiro atoms. The first-order chi connectivity index (χ1) is 10.1. The zero-order valence-electron chi connectivity index (χ0n) is 11.9. The lowest BCUT2D eigenvalue weighted by Crippen LogP contribution is -2.42. The second-order valence-corrected chi connectivity index (χ2v) is 5.02. The molecule has 1 saturated carbocycles. The SMILES string of the molecule is COc1cccc(OCC(=O)N[C@@H]2CCC[C@@H]2C(=O)O)c1. The summed E-state index contributed by atoms with van der Waals surface area (Å²) < 4.78 is 10.4. The van der Waals surface area contributed by atoms with Gasteiger partial charge in [0.15, 0.2) is 6.61 Å². The molecule has 0 aromatic heterocycles. The summed E-state index contributed by atoms with van der Waals surface area (Å²) in [5.74, 6) is -0.478. The second kappa shape index (κ2) is 6.97. The van der Waals surface area contributed by atoms with Crippen LogP contribution >= 0.6 is 0 Å². The number of ether oxygens (including phenoxy) is 2. The number of rotatable bonds is 6. The Morgan fingerprint density at radius 2 is 2.10 bits per heavy atom. The Morgan fingerprint density at radius 3 is 2.81 bits per heavy atom. The molecule has 1 aliphatic rings. The highest BCUT2D eigenvalue weighted by Crippen LogP contribution is 2.25. The van der Waals surface area contributed by atoms with Crippen molar-refractivity contribution in [2.45, 2.75) is 25.3 Å². The van der Waals surface area contributed by atoms with Crippen LogP contribution in [0.5, 0.6) is 11.5 Å². The number of benzene rings is 1. The molecule has 21 heavy (non-hydrogen) atoms. The van der Waals surface area contributed by atoms with Gasteiger partial charge >= 0.3 is 5.97 Å². The van der Waals surface area contributed by atoms with Gasteiger partial charge < -0.3 is 19.9 Å². The maximum Gasteiger partial charge on any atom is 0.308 e. The van der Waals surface area contributed by atoms with Crippen LogP contribution in [0.25, 0.3) is 0 Å². The molecule has 0 bridgehead atoms. The van der Waals surface area contributed by atoms with E-state index >= 15 is 0 Å². The standard InChI is InChI=1S/C15H19NO5/c1-20-10-4-2-5-11(8-10)21-9-14(17)16-13-7-3-6-12(13)15(18)19/h2,4-5,8,12-13H,3,6-7,9H2,1H3,(H,16,17)(H,18,19)/t12-,13+/m0/s1. The van der Waals surface area contributed by atoms with Crippen molar-refractivity contribution in [1.29, 1.82) is 0 Å². The third kappa shape index (κ3) is 4.11. The maximum absolute atomic E-state index is 11.8. The van der Waals surface area contributed by atoms with Crippen LogP contribution in [-0.2, 0) is 9.59 Å². The molecule has 1 aromatic carbocycles. The molecule has 0 radical (unpaired) electrons. The molecule has 1 aliphatic carbocycles. The van der Waals surface area contributed by atoms with E-state index in [9.17, 15) is 9.59 Å². The predicted molar refractivity (Wildman–Crippen MR) is 75.4 cm³/mol. The molecular weight excluding hydrogens is 274 g/mol. The zero-order valence-corrected chi connectivity index (χ0v) is 11.9. The summed E-state index contributed by atoms with van der Waals surface area (Å²) in [6, 6.07) is 6.66. The highest BCUT2D eigenvalue weighted by molar-refractivity contribution is 5.79. The van der Waals surface area contributed by atoms with Crippen LogP contribution in [0.1, 0.15) is 19.3 Å². The minimum absolute atomic E-state index is 0.143. The lowest BCUT2D eigenvalue weighted by atomic mass is 10.0. The largest absolute Gasteiger partial charge is 0.497 e. The van der Waals surface area contributed by atoms with Gasteiger partial charge in [-0.3, -0.25) is 9.59 Å². The molecule has 0 aliphatic heterocycles. The number of hydrogen-bond acceptors (Lipinski definition) is 4. The first-order valence-electron chi connectivity index (χ1n) is 6.89. The number of carboxylic acid groups (broad SMARTS) is 1. The topological polar surface area (TPSA) is 84.9 Å². The fourth-order valence-electron chi connectivity index (χ4n) is 2.52. The van der Waals surface area contributed by atoms with E-state index in [1.165, 1.54) is 0 Å². The van der Waals surface area contributed by atoms with Gasteiger partial charge in [0, 0.05) is 12.1 Å². The van der Waals surface area contributed by atoms with Crippen molar-refractivity contribution in [3.63, 3.8) is 0 Å². The smallest absolute Gasteiger partial charge is 0.308 e. The second-order valence-electron chi connectivity index (χ2n) is 5.02. The zero-order chi connectivity index (χ0) is 15.2. The lowest BCUT2D eigenvalue weighted by Gasteiger charge is -2.17. The van der Waals surface area contributed by atoms with E-state index in [0.717, 1.165) is 6.42 Å². The quantitative estimate of drug-likeness (QED) is 0.829. The maximum atomic E-state index is 11.8. The molecule has 1 fully saturated rings. The van der Waals surface area contributed by atoms with E-state index in [2.05, 4.69) is 5.32 Å². The van der Waals surface area contributed by atoms with Crippen molar-refractivity contribution in [3.05, 3.63) is 24.3 Å². The third-order valence-electron chi connectivity index (χ3n) is 3.59. The summed E-state index contributed by atoms with van der Waals surface area (Å²) >= 11 is 0. The van der Waals surface area contributed by atoms with Gasteiger partial charge in [0.1, 0.15) is 11.5 Å². The molecular formula is C15H19NO5. The first-order valence-corrected chi connectivity index (χ1v) is 6.89. The number of carboxylic acids is 1. The Balaban J connectivity index is 1.83. The molecule has 0 heterocycles. The summed E-state index contributed by atoms with van der Waals surface area (Å²) in [6.07, 6.45) is 2.12. The van der Waals surface area contributed by atoms with Gasteiger partial charge in [0.25, 0.3) is 5.91 Å². The van der Waals surface area contributed by atoms with Crippen LogP contribution in [0.2, 0.25) is 0 Å². The van der Waals surface area contributed by atoms with E-state index in [0.29, 0.717) is 24.3 Å². The van der Waals surface area contributed by atoms with E-state index in [4.69, 9.17) is 14.6 Å².